The lowest BCUT2D eigenvalue weighted by Gasteiger charge is -2.38. The fourth-order valence-electron chi connectivity index (χ4n) is 3.60. The lowest BCUT2D eigenvalue weighted by atomic mass is 9.86. The summed E-state index contributed by atoms with van der Waals surface area (Å²) in [6.07, 6.45) is 5.77. The minimum Gasteiger partial charge on any atom is -0.381 e. The van der Waals surface area contributed by atoms with Crippen LogP contribution in [-0.4, -0.2) is 33.8 Å². The molecule has 0 radical (unpaired) electrons. The minimum absolute atomic E-state index is 0.0468. The van der Waals surface area contributed by atoms with Gasteiger partial charge in [0.2, 0.25) is 17.6 Å². The van der Waals surface area contributed by atoms with Crippen molar-refractivity contribution in [1.29, 1.82) is 0 Å². The monoisotopic (exact) mass is 418 g/mol. The first-order valence-corrected chi connectivity index (χ1v) is 9.70. The van der Waals surface area contributed by atoms with Crippen molar-refractivity contribution in [2.45, 2.75) is 31.3 Å². The molecule has 0 atom stereocenters. The molecule has 1 N–H and O–H groups in total. The molecule has 3 aromatic rings. The third kappa shape index (κ3) is 4.18. The highest BCUT2D eigenvalue weighted by molar-refractivity contribution is 6.33. The Hall–Kier alpha value is -2.71. The fourth-order valence-corrected chi connectivity index (χ4v) is 3.85. The molecule has 1 saturated heterocycles. The molecule has 0 bridgehead atoms. The summed E-state index contributed by atoms with van der Waals surface area (Å²) in [5.74, 6) is -0.452. The Morgan fingerprint density at radius 3 is 2.72 bits per heavy atom. The Labute approximate surface area is 171 Å². The number of benzene rings is 1. The maximum Gasteiger partial charge on any atom is 0.246 e. The standard InChI is InChI=1S/C20H20ClFN4O3/c21-14-4-3-5-15(22)18(14)19-24-17(29-25-19)13-23-16(27)12-20(6-10-28-11-7-20)26-8-1-2-9-26/h1-5,8-9H,6-7,10-13H2,(H,23,27). The van der Waals surface area contributed by atoms with Gasteiger partial charge in [-0.05, 0) is 37.1 Å². The molecule has 2 aromatic heterocycles. The fraction of sp³-hybridized carbons (Fsp3) is 0.350. The molecule has 0 unspecified atom stereocenters. The number of ether oxygens (including phenoxy) is 1. The number of rotatable bonds is 6. The van der Waals surface area contributed by atoms with Gasteiger partial charge < -0.3 is 19.1 Å². The molecule has 3 heterocycles. The quantitative estimate of drug-likeness (QED) is 0.662. The van der Waals surface area contributed by atoms with Gasteiger partial charge in [0.05, 0.1) is 29.1 Å². The number of hydrogen-bond acceptors (Lipinski definition) is 5. The zero-order valence-corrected chi connectivity index (χ0v) is 16.4. The van der Waals surface area contributed by atoms with E-state index < -0.39 is 5.82 Å². The summed E-state index contributed by atoms with van der Waals surface area (Å²) in [5.41, 5.74) is -0.240. The van der Waals surface area contributed by atoms with Crippen LogP contribution in [0.15, 0.2) is 47.2 Å². The molecule has 4 rings (SSSR count). The van der Waals surface area contributed by atoms with Crippen LogP contribution >= 0.6 is 11.6 Å². The first-order valence-electron chi connectivity index (χ1n) is 9.32. The van der Waals surface area contributed by atoms with Crippen LogP contribution in [0, 0.1) is 5.82 Å². The van der Waals surface area contributed by atoms with Gasteiger partial charge >= 0.3 is 0 Å². The summed E-state index contributed by atoms with van der Waals surface area (Å²) < 4.78 is 26.7. The molecular formula is C20H20ClFN4O3. The van der Waals surface area contributed by atoms with Gasteiger partial charge in [-0.2, -0.15) is 4.98 Å². The topological polar surface area (TPSA) is 82.2 Å². The normalized spacial score (nSPS) is 15.9. The van der Waals surface area contributed by atoms with E-state index in [9.17, 15) is 9.18 Å². The van der Waals surface area contributed by atoms with Gasteiger partial charge in [0.25, 0.3) is 0 Å². The predicted octanol–water partition coefficient (Wildman–Crippen LogP) is 3.54. The number of carbonyl (C=O) groups excluding carboxylic acids is 1. The third-order valence-electron chi connectivity index (χ3n) is 5.16. The van der Waals surface area contributed by atoms with Crippen LogP contribution in [0.25, 0.3) is 11.4 Å². The van der Waals surface area contributed by atoms with Crippen LogP contribution in [0.3, 0.4) is 0 Å². The second kappa shape index (κ2) is 8.34. The van der Waals surface area contributed by atoms with Gasteiger partial charge in [-0.1, -0.05) is 22.8 Å². The maximum atomic E-state index is 14.0. The van der Waals surface area contributed by atoms with Crippen LogP contribution in [0.4, 0.5) is 4.39 Å². The number of nitrogens with one attached hydrogen (secondary N) is 1. The molecule has 9 heteroatoms. The van der Waals surface area contributed by atoms with Crippen molar-refractivity contribution >= 4 is 17.5 Å². The predicted molar refractivity (Wildman–Crippen MR) is 104 cm³/mol. The molecule has 152 valence electrons. The van der Waals surface area contributed by atoms with Crippen molar-refractivity contribution in [2.75, 3.05) is 13.2 Å². The molecule has 1 aliphatic rings. The van der Waals surface area contributed by atoms with Gasteiger partial charge in [-0.15, -0.1) is 0 Å². The molecule has 1 amide bonds. The summed E-state index contributed by atoms with van der Waals surface area (Å²) in [4.78, 5) is 16.8. The zero-order chi connectivity index (χ0) is 20.3. The molecule has 0 spiro atoms. The highest BCUT2D eigenvalue weighted by Crippen LogP contribution is 2.33. The van der Waals surface area contributed by atoms with E-state index in [-0.39, 0.29) is 40.3 Å². The number of hydrogen-bond donors (Lipinski definition) is 1. The van der Waals surface area contributed by atoms with Crippen molar-refractivity contribution in [2.24, 2.45) is 0 Å². The van der Waals surface area contributed by atoms with Crippen LogP contribution < -0.4 is 5.32 Å². The highest BCUT2D eigenvalue weighted by Gasteiger charge is 2.36. The third-order valence-corrected chi connectivity index (χ3v) is 5.47. The average molecular weight is 419 g/mol. The first-order chi connectivity index (χ1) is 14.1. The first kappa shape index (κ1) is 19.6. The second-order valence-electron chi connectivity index (χ2n) is 6.99. The molecule has 1 fully saturated rings. The van der Waals surface area contributed by atoms with E-state index in [0.717, 1.165) is 12.8 Å². The Morgan fingerprint density at radius 2 is 2.00 bits per heavy atom. The maximum absolute atomic E-state index is 14.0. The number of nitrogens with zero attached hydrogens (tertiary/aromatic N) is 3. The molecule has 0 aliphatic carbocycles. The van der Waals surface area contributed by atoms with E-state index in [1.807, 2.05) is 24.5 Å². The number of carbonyl (C=O) groups is 1. The van der Waals surface area contributed by atoms with Crippen molar-refractivity contribution < 1.29 is 18.4 Å². The average Bonchev–Trinajstić information content (AvgIpc) is 3.40. The van der Waals surface area contributed by atoms with Crippen molar-refractivity contribution in [3.63, 3.8) is 0 Å². The van der Waals surface area contributed by atoms with E-state index in [1.165, 1.54) is 12.1 Å². The highest BCUT2D eigenvalue weighted by atomic mass is 35.5. The number of aromatic nitrogens is 3. The van der Waals surface area contributed by atoms with Crippen LogP contribution in [0.5, 0.6) is 0 Å². The molecule has 1 aromatic carbocycles. The summed E-state index contributed by atoms with van der Waals surface area (Å²) in [6.45, 7) is 1.28. The largest absolute Gasteiger partial charge is 0.381 e. The summed E-state index contributed by atoms with van der Waals surface area (Å²) in [6, 6.07) is 8.21. The molecule has 0 saturated carbocycles. The Kier molecular flexibility index (Phi) is 5.64. The van der Waals surface area contributed by atoms with E-state index in [2.05, 4.69) is 20.0 Å². The lowest BCUT2D eigenvalue weighted by molar-refractivity contribution is -0.125. The Balaban J connectivity index is 1.42. The second-order valence-corrected chi connectivity index (χ2v) is 7.40. The lowest BCUT2D eigenvalue weighted by Crippen LogP contribution is -2.43. The van der Waals surface area contributed by atoms with Gasteiger partial charge in [0, 0.05) is 25.6 Å². The van der Waals surface area contributed by atoms with Gasteiger partial charge in [-0.25, -0.2) is 4.39 Å². The van der Waals surface area contributed by atoms with Gasteiger partial charge in [0.1, 0.15) is 5.82 Å². The number of halogens is 2. The SMILES string of the molecule is O=C(CC1(n2cccc2)CCOCC1)NCc1nc(-c2c(F)cccc2Cl)no1. The summed E-state index contributed by atoms with van der Waals surface area (Å²) >= 11 is 6.03. The van der Waals surface area contributed by atoms with Crippen molar-refractivity contribution in [3.8, 4) is 11.4 Å². The van der Waals surface area contributed by atoms with Gasteiger partial charge in [0.15, 0.2) is 0 Å². The molecular weight excluding hydrogens is 399 g/mol. The van der Waals surface area contributed by atoms with E-state index in [1.54, 1.807) is 6.07 Å². The van der Waals surface area contributed by atoms with Gasteiger partial charge in [-0.3, -0.25) is 4.79 Å². The van der Waals surface area contributed by atoms with Crippen molar-refractivity contribution in [3.05, 3.63) is 59.5 Å². The van der Waals surface area contributed by atoms with E-state index in [4.69, 9.17) is 20.9 Å². The summed E-state index contributed by atoms with van der Waals surface area (Å²) in [7, 11) is 0. The van der Waals surface area contributed by atoms with Crippen LogP contribution in [0.2, 0.25) is 5.02 Å². The van der Waals surface area contributed by atoms with E-state index in [0.29, 0.717) is 19.6 Å². The van der Waals surface area contributed by atoms with Crippen LogP contribution in [-0.2, 0) is 21.6 Å². The molecule has 7 nitrogen and oxygen atoms in total. The number of amides is 1. The molecule has 1 aliphatic heterocycles. The Bertz CT molecular complexity index is 963. The molecule has 29 heavy (non-hydrogen) atoms. The summed E-state index contributed by atoms with van der Waals surface area (Å²) in [5, 5.41) is 6.77. The van der Waals surface area contributed by atoms with E-state index >= 15 is 0 Å². The zero-order valence-electron chi connectivity index (χ0n) is 15.6. The minimum atomic E-state index is -0.540. The Morgan fingerprint density at radius 1 is 1.24 bits per heavy atom. The van der Waals surface area contributed by atoms with Crippen molar-refractivity contribution in [1.82, 2.24) is 20.0 Å². The smallest absolute Gasteiger partial charge is 0.246 e. The van der Waals surface area contributed by atoms with Crippen LogP contribution in [0.1, 0.15) is 25.2 Å².